The molecule has 2 aromatic rings. The number of carboxylic acids is 1. The van der Waals surface area contributed by atoms with E-state index in [0.29, 0.717) is 17.8 Å². The van der Waals surface area contributed by atoms with Gasteiger partial charge in [-0.2, -0.15) is 0 Å². The van der Waals surface area contributed by atoms with Gasteiger partial charge in [-0.1, -0.05) is 20.3 Å². The maximum atomic E-state index is 12.9. The van der Waals surface area contributed by atoms with Crippen LogP contribution in [0.3, 0.4) is 0 Å². The van der Waals surface area contributed by atoms with E-state index in [1.54, 1.807) is 0 Å². The van der Waals surface area contributed by atoms with Crippen molar-refractivity contribution in [2.75, 3.05) is 6.54 Å². The molecule has 0 fully saturated rings. The number of nitrogens with zero attached hydrogens (tertiary/aromatic N) is 2. The second-order valence-electron chi connectivity index (χ2n) is 7.71. The number of aromatic nitrogens is 4. The van der Waals surface area contributed by atoms with Gasteiger partial charge in [0.25, 0.3) is 0 Å². The first kappa shape index (κ1) is 25.5. The van der Waals surface area contributed by atoms with Crippen LogP contribution in [0.25, 0.3) is 0 Å². The second kappa shape index (κ2) is 12.3. The van der Waals surface area contributed by atoms with E-state index >= 15 is 0 Å². The number of nitrogens with one attached hydrogen (secondary N) is 5. The summed E-state index contributed by atoms with van der Waals surface area (Å²) in [4.78, 5) is 62.4. The van der Waals surface area contributed by atoms with Gasteiger partial charge < -0.3 is 36.8 Å². The fourth-order valence-corrected chi connectivity index (χ4v) is 2.96. The number of hydrogen-bond donors (Lipinski definition) is 7. The highest BCUT2D eigenvalue weighted by Gasteiger charge is 2.28. The summed E-state index contributed by atoms with van der Waals surface area (Å²) in [6.45, 7) is 3.35. The van der Waals surface area contributed by atoms with Gasteiger partial charge in [-0.25, -0.2) is 14.8 Å². The number of aliphatic carboxylic acids is 1. The number of carboxylic acid groups (broad SMARTS) is 1. The smallest absolute Gasteiger partial charge is 0.326 e. The molecule has 180 valence electrons. The molecule has 0 saturated heterocycles. The van der Waals surface area contributed by atoms with Crippen LogP contribution in [0, 0.1) is 5.92 Å². The van der Waals surface area contributed by atoms with E-state index in [9.17, 15) is 24.3 Å². The fourth-order valence-electron chi connectivity index (χ4n) is 2.96. The van der Waals surface area contributed by atoms with Crippen molar-refractivity contribution in [3.63, 3.8) is 0 Å². The van der Waals surface area contributed by atoms with Crippen molar-refractivity contribution in [2.45, 2.75) is 51.2 Å². The predicted molar refractivity (Wildman–Crippen MR) is 117 cm³/mol. The summed E-state index contributed by atoms with van der Waals surface area (Å²) in [5.74, 6) is -3.10. The Labute approximate surface area is 190 Å². The van der Waals surface area contributed by atoms with E-state index in [2.05, 4.69) is 35.9 Å². The van der Waals surface area contributed by atoms with Gasteiger partial charge in [0, 0.05) is 36.6 Å². The topological polar surface area (TPSA) is 208 Å². The van der Waals surface area contributed by atoms with Crippen LogP contribution in [-0.4, -0.2) is 73.4 Å². The molecule has 13 heteroatoms. The summed E-state index contributed by atoms with van der Waals surface area (Å²) in [6, 6.07) is -3.11. The van der Waals surface area contributed by atoms with Crippen LogP contribution in [0.4, 0.5) is 0 Å². The van der Waals surface area contributed by atoms with Gasteiger partial charge >= 0.3 is 5.97 Å². The van der Waals surface area contributed by atoms with Crippen LogP contribution in [0.2, 0.25) is 0 Å². The maximum Gasteiger partial charge on any atom is 0.326 e. The molecule has 0 radical (unpaired) electrons. The van der Waals surface area contributed by atoms with Gasteiger partial charge in [-0.3, -0.25) is 14.4 Å². The fraction of sp³-hybridized carbons (Fsp3) is 0.500. The largest absolute Gasteiger partial charge is 0.480 e. The van der Waals surface area contributed by atoms with Crippen LogP contribution < -0.4 is 21.7 Å². The SMILES string of the molecule is CCC(C)C(N)C(=O)NCC(=O)NC(Cc1cnc[nH]1)C(=O)NC(Cc1cnc[nH]1)C(=O)O. The van der Waals surface area contributed by atoms with E-state index < -0.39 is 41.8 Å². The zero-order valence-corrected chi connectivity index (χ0v) is 18.5. The highest BCUT2D eigenvalue weighted by molar-refractivity contribution is 5.92. The minimum absolute atomic E-state index is 0.0185. The Kier molecular flexibility index (Phi) is 9.54. The molecule has 2 rings (SSSR count). The molecule has 8 N–H and O–H groups in total. The number of rotatable bonds is 13. The molecule has 33 heavy (non-hydrogen) atoms. The van der Waals surface area contributed by atoms with Gasteiger partial charge in [-0.15, -0.1) is 0 Å². The lowest BCUT2D eigenvalue weighted by molar-refractivity contribution is -0.142. The number of carbonyl (C=O) groups excluding carboxylic acids is 3. The van der Waals surface area contributed by atoms with Crippen molar-refractivity contribution >= 4 is 23.7 Å². The number of amides is 3. The van der Waals surface area contributed by atoms with Gasteiger partial charge in [-0.05, 0) is 5.92 Å². The summed E-state index contributed by atoms with van der Waals surface area (Å²) in [6.07, 6.45) is 6.48. The van der Waals surface area contributed by atoms with Crippen LogP contribution in [0.1, 0.15) is 31.7 Å². The van der Waals surface area contributed by atoms with Gasteiger partial charge in [0.2, 0.25) is 17.7 Å². The second-order valence-corrected chi connectivity index (χ2v) is 7.71. The molecule has 2 heterocycles. The molecule has 0 spiro atoms. The predicted octanol–water partition coefficient (Wildman–Crippen LogP) is -1.54. The number of nitrogens with two attached hydrogens (primary N) is 1. The Bertz CT molecular complexity index is 915. The first-order valence-corrected chi connectivity index (χ1v) is 10.5. The zero-order chi connectivity index (χ0) is 24.4. The highest BCUT2D eigenvalue weighted by atomic mass is 16.4. The summed E-state index contributed by atoms with van der Waals surface area (Å²) >= 11 is 0. The lowest BCUT2D eigenvalue weighted by Gasteiger charge is -2.22. The molecule has 4 unspecified atom stereocenters. The molecule has 0 saturated carbocycles. The molecule has 0 bridgehead atoms. The number of imidazole rings is 2. The van der Waals surface area contributed by atoms with Crippen LogP contribution >= 0.6 is 0 Å². The lowest BCUT2D eigenvalue weighted by Crippen LogP contribution is -2.55. The molecular weight excluding hydrogens is 432 g/mol. The van der Waals surface area contributed by atoms with E-state index in [4.69, 9.17) is 5.73 Å². The highest BCUT2D eigenvalue weighted by Crippen LogP contribution is 2.05. The maximum absolute atomic E-state index is 12.9. The van der Waals surface area contributed by atoms with Crippen molar-refractivity contribution in [2.24, 2.45) is 11.7 Å². The lowest BCUT2D eigenvalue weighted by atomic mass is 9.99. The van der Waals surface area contributed by atoms with E-state index in [1.807, 2.05) is 13.8 Å². The number of carbonyl (C=O) groups is 4. The summed E-state index contributed by atoms with van der Waals surface area (Å²) in [7, 11) is 0. The minimum Gasteiger partial charge on any atom is -0.480 e. The average Bonchev–Trinajstić information content (AvgIpc) is 3.49. The first-order chi connectivity index (χ1) is 15.7. The van der Waals surface area contributed by atoms with Crippen molar-refractivity contribution in [1.82, 2.24) is 35.9 Å². The summed E-state index contributed by atoms with van der Waals surface area (Å²) < 4.78 is 0. The molecular formula is C20H30N8O5. The number of hydrogen-bond acceptors (Lipinski definition) is 7. The molecule has 13 nitrogen and oxygen atoms in total. The van der Waals surface area contributed by atoms with Gasteiger partial charge in [0.1, 0.15) is 12.1 Å². The quantitative estimate of drug-likeness (QED) is 0.185. The Morgan fingerprint density at radius 1 is 1.00 bits per heavy atom. The molecule has 2 aromatic heterocycles. The third-order valence-electron chi connectivity index (χ3n) is 5.21. The van der Waals surface area contributed by atoms with Crippen LogP contribution in [0.15, 0.2) is 25.0 Å². The van der Waals surface area contributed by atoms with E-state index in [1.165, 1.54) is 25.0 Å². The van der Waals surface area contributed by atoms with Crippen molar-refractivity contribution in [3.05, 3.63) is 36.4 Å². The average molecular weight is 463 g/mol. The van der Waals surface area contributed by atoms with Gasteiger partial charge in [0.15, 0.2) is 0 Å². The minimum atomic E-state index is -1.24. The Hall–Kier alpha value is -3.74. The molecule has 3 amide bonds. The molecule has 0 aromatic carbocycles. The molecule has 4 atom stereocenters. The standard InChI is InChI=1S/C20H30N8O5/c1-3-11(2)17(21)19(31)24-8-16(29)27-14(4-12-6-22-9-25-12)18(30)28-15(20(32)33)5-13-7-23-10-26-13/h6-7,9-11,14-15,17H,3-5,8,21H2,1-2H3,(H,22,25)(H,23,26)(H,24,31)(H,27,29)(H,28,30)(H,32,33). The summed E-state index contributed by atoms with van der Waals surface area (Å²) in [5, 5.41) is 16.9. The molecule has 0 aliphatic carbocycles. The van der Waals surface area contributed by atoms with E-state index in [-0.39, 0.29) is 25.3 Å². The van der Waals surface area contributed by atoms with Crippen molar-refractivity contribution in [1.29, 1.82) is 0 Å². The Morgan fingerprint density at radius 2 is 1.58 bits per heavy atom. The number of aromatic amines is 2. The van der Waals surface area contributed by atoms with Crippen molar-refractivity contribution < 1.29 is 24.3 Å². The normalized spacial score (nSPS) is 14.5. The Balaban J connectivity index is 2.02. The van der Waals surface area contributed by atoms with Crippen LogP contribution in [0.5, 0.6) is 0 Å². The third kappa shape index (κ3) is 8.03. The monoisotopic (exact) mass is 462 g/mol. The van der Waals surface area contributed by atoms with Crippen molar-refractivity contribution in [3.8, 4) is 0 Å². The molecule has 0 aliphatic heterocycles. The number of H-pyrrole nitrogens is 2. The third-order valence-corrected chi connectivity index (χ3v) is 5.21. The van der Waals surface area contributed by atoms with Crippen LogP contribution in [-0.2, 0) is 32.0 Å². The Morgan fingerprint density at radius 3 is 2.06 bits per heavy atom. The molecule has 0 aliphatic rings. The van der Waals surface area contributed by atoms with Gasteiger partial charge in [0.05, 0.1) is 25.2 Å². The zero-order valence-electron chi connectivity index (χ0n) is 18.5. The van der Waals surface area contributed by atoms with E-state index in [0.717, 1.165) is 0 Å². The first-order valence-electron chi connectivity index (χ1n) is 10.5. The summed E-state index contributed by atoms with van der Waals surface area (Å²) in [5.41, 5.74) is 6.93.